The molecule has 1 heterocycles. The molecule has 4 heteroatoms. The van der Waals surface area contributed by atoms with Gasteiger partial charge in [0.15, 0.2) is 0 Å². The highest BCUT2D eigenvalue weighted by Crippen LogP contribution is 2.26. The Labute approximate surface area is 98.2 Å². The molecular weight excluding hydrogens is 202 g/mol. The molecule has 2 aliphatic rings. The third-order valence-electron chi connectivity index (χ3n) is 3.65. The maximum absolute atomic E-state index is 11.4. The smallest absolute Gasteiger partial charge is 0.219 e. The van der Waals surface area contributed by atoms with Gasteiger partial charge in [-0.3, -0.25) is 9.69 Å². The molecule has 0 bridgehead atoms. The maximum atomic E-state index is 11.4. The lowest BCUT2D eigenvalue weighted by Gasteiger charge is -2.33. The second kappa shape index (κ2) is 5.15. The first-order chi connectivity index (χ1) is 7.66. The summed E-state index contributed by atoms with van der Waals surface area (Å²) in [5.74, 6) is 0.247. The van der Waals surface area contributed by atoms with Crippen molar-refractivity contribution in [2.24, 2.45) is 0 Å². The van der Waals surface area contributed by atoms with Crippen molar-refractivity contribution in [1.82, 2.24) is 14.7 Å². The summed E-state index contributed by atoms with van der Waals surface area (Å²) in [6, 6.07) is 0.560. The second-order valence-corrected chi connectivity index (χ2v) is 5.09. The van der Waals surface area contributed by atoms with Crippen LogP contribution in [0.15, 0.2) is 0 Å². The molecule has 0 N–H and O–H groups in total. The molecule has 0 unspecified atom stereocenters. The zero-order valence-electron chi connectivity index (χ0n) is 10.5. The highest BCUT2D eigenvalue weighted by Gasteiger charge is 2.30. The normalized spacial score (nSPS) is 23.4. The highest BCUT2D eigenvalue weighted by molar-refractivity contribution is 5.73. The molecule has 0 atom stereocenters. The number of carbonyl (C=O) groups is 1. The summed E-state index contributed by atoms with van der Waals surface area (Å²) in [7, 11) is 2.17. The van der Waals surface area contributed by atoms with Crippen LogP contribution in [0.2, 0.25) is 0 Å². The van der Waals surface area contributed by atoms with Crippen LogP contribution in [0.4, 0.5) is 0 Å². The van der Waals surface area contributed by atoms with E-state index in [1.165, 1.54) is 12.8 Å². The minimum absolute atomic E-state index is 0.247. The molecule has 2 fully saturated rings. The van der Waals surface area contributed by atoms with Gasteiger partial charge in [-0.05, 0) is 19.9 Å². The summed E-state index contributed by atoms with van der Waals surface area (Å²) in [6.45, 7) is 8.27. The molecule has 1 aliphatic carbocycles. The molecule has 4 nitrogen and oxygen atoms in total. The molecule has 0 aromatic carbocycles. The lowest BCUT2D eigenvalue weighted by Crippen LogP contribution is -2.47. The van der Waals surface area contributed by atoms with Gasteiger partial charge in [0.1, 0.15) is 0 Å². The Morgan fingerprint density at radius 2 is 1.88 bits per heavy atom. The first-order valence-electron chi connectivity index (χ1n) is 6.35. The topological polar surface area (TPSA) is 26.8 Å². The van der Waals surface area contributed by atoms with Crippen molar-refractivity contribution in [2.75, 3.05) is 46.3 Å². The van der Waals surface area contributed by atoms with E-state index >= 15 is 0 Å². The van der Waals surface area contributed by atoms with E-state index in [0.29, 0.717) is 6.04 Å². The fraction of sp³-hybridized carbons (Fsp3) is 0.917. The van der Waals surface area contributed by atoms with Crippen molar-refractivity contribution in [3.63, 3.8) is 0 Å². The number of rotatable bonds is 4. The Bertz CT molecular complexity index is 245. The van der Waals surface area contributed by atoms with Crippen molar-refractivity contribution in [2.45, 2.75) is 25.8 Å². The van der Waals surface area contributed by atoms with Gasteiger partial charge in [0.05, 0.1) is 0 Å². The number of hydrogen-bond acceptors (Lipinski definition) is 3. The predicted octanol–water partition coefficient (Wildman–Crippen LogP) is 0.245. The van der Waals surface area contributed by atoms with Gasteiger partial charge in [0.25, 0.3) is 0 Å². The molecule has 1 amide bonds. The average molecular weight is 225 g/mol. The van der Waals surface area contributed by atoms with Gasteiger partial charge in [-0.1, -0.05) is 0 Å². The molecule has 1 saturated carbocycles. The van der Waals surface area contributed by atoms with Crippen LogP contribution < -0.4 is 0 Å². The van der Waals surface area contributed by atoms with Crippen molar-refractivity contribution < 1.29 is 4.79 Å². The predicted molar refractivity (Wildman–Crippen MR) is 64.3 cm³/mol. The lowest BCUT2D eigenvalue weighted by molar-refractivity contribution is -0.129. The summed E-state index contributed by atoms with van der Waals surface area (Å²) in [5.41, 5.74) is 0. The second-order valence-electron chi connectivity index (χ2n) is 5.09. The molecule has 0 radical (unpaired) electrons. The van der Waals surface area contributed by atoms with Crippen molar-refractivity contribution in [3.8, 4) is 0 Å². The standard InChI is InChI=1S/C12H23N3O/c1-11(16)15(12-3-4-12)10-9-14-7-5-13(2)6-8-14/h12H,3-10H2,1-2H3. The Morgan fingerprint density at radius 3 is 2.38 bits per heavy atom. The minimum Gasteiger partial charge on any atom is -0.339 e. The number of carbonyl (C=O) groups excluding carboxylic acids is 1. The van der Waals surface area contributed by atoms with Crippen LogP contribution in [0, 0.1) is 0 Å². The van der Waals surface area contributed by atoms with Crippen LogP contribution in [-0.2, 0) is 4.79 Å². The van der Waals surface area contributed by atoms with Crippen molar-refractivity contribution in [3.05, 3.63) is 0 Å². The van der Waals surface area contributed by atoms with Crippen LogP contribution in [0.5, 0.6) is 0 Å². The highest BCUT2D eigenvalue weighted by atomic mass is 16.2. The van der Waals surface area contributed by atoms with E-state index in [1.54, 1.807) is 6.92 Å². The molecule has 1 aliphatic heterocycles. The maximum Gasteiger partial charge on any atom is 0.219 e. The molecule has 2 rings (SSSR count). The lowest BCUT2D eigenvalue weighted by atomic mass is 10.3. The number of nitrogens with zero attached hydrogens (tertiary/aromatic N) is 3. The summed E-state index contributed by atoms with van der Waals surface area (Å²) >= 11 is 0. The Balaban J connectivity index is 1.71. The van der Waals surface area contributed by atoms with Gasteiger partial charge in [-0.15, -0.1) is 0 Å². The summed E-state index contributed by atoms with van der Waals surface area (Å²) in [4.78, 5) is 18.3. The van der Waals surface area contributed by atoms with Crippen LogP contribution in [0.25, 0.3) is 0 Å². The number of piperazine rings is 1. The third-order valence-corrected chi connectivity index (χ3v) is 3.65. The van der Waals surface area contributed by atoms with Crippen LogP contribution >= 0.6 is 0 Å². The summed E-state index contributed by atoms with van der Waals surface area (Å²) < 4.78 is 0. The van der Waals surface area contributed by atoms with E-state index in [1.807, 2.05) is 0 Å². The Hall–Kier alpha value is -0.610. The van der Waals surface area contributed by atoms with Crippen LogP contribution in [-0.4, -0.2) is 73.0 Å². The molecular formula is C12H23N3O. The van der Waals surface area contributed by atoms with Crippen LogP contribution in [0.3, 0.4) is 0 Å². The van der Waals surface area contributed by atoms with Gasteiger partial charge >= 0.3 is 0 Å². The third kappa shape index (κ3) is 3.19. The van der Waals surface area contributed by atoms with E-state index in [0.717, 1.165) is 39.3 Å². The van der Waals surface area contributed by atoms with Crippen molar-refractivity contribution in [1.29, 1.82) is 0 Å². The summed E-state index contributed by atoms with van der Waals surface area (Å²) in [5, 5.41) is 0. The largest absolute Gasteiger partial charge is 0.339 e. The fourth-order valence-electron chi connectivity index (χ4n) is 2.30. The van der Waals surface area contributed by atoms with Gasteiger partial charge < -0.3 is 9.80 Å². The molecule has 0 spiro atoms. The Morgan fingerprint density at radius 1 is 1.25 bits per heavy atom. The molecule has 16 heavy (non-hydrogen) atoms. The minimum atomic E-state index is 0.247. The van der Waals surface area contributed by atoms with Gasteiger partial charge in [0.2, 0.25) is 5.91 Å². The van der Waals surface area contributed by atoms with E-state index < -0.39 is 0 Å². The first kappa shape index (κ1) is 11.9. The molecule has 1 saturated heterocycles. The number of likely N-dealkylation sites (N-methyl/N-ethyl adjacent to an activating group) is 1. The molecule has 0 aromatic rings. The van der Waals surface area contributed by atoms with Crippen LogP contribution in [0.1, 0.15) is 19.8 Å². The van der Waals surface area contributed by atoms with Gasteiger partial charge in [-0.25, -0.2) is 0 Å². The van der Waals surface area contributed by atoms with Crippen molar-refractivity contribution >= 4 is 5.91 Å². The number of amides is 1. The van der Waals surface area contributed by atoms with E-state index in [9.17, 15) is 4.79 Å². The quantitative estimate of drug-likeness (QED) is 0.686. The van der Waals surface area contributed by atoms with E-state index in [4.69, 9.17) is 0 Å². The number of hydrogen-bond donors (Lipinski definition) is 0. The zero-order chi connectivity index (χ0) is 11.5. The van der Waals surface area contributed by atoms with Gasteiger partial charge in [0, 0.05) is 52.2 Å². The monoisotopic (exact) mass is 225 g/mol. The molecule has 92 valence electrons. The summed E-state index contributed by atoms with van der Waals surface area (Å²) in [6.07, 6.45) is 2.42. The Kier molecular flexibility index (Phi) is 3.82. The van der Waals surface area contributed by atoms with E-state index in [2.05, 4.69) is 21.7 Å². The SMILES string of the molecule is CC(=O)N(CCN1CCN(C)CC1)C1CC1. The molecule has 0 aromatic heterocycles. The average Bonchev–Trinajstić information content (AvgIpc) is 3.05. The first-order valence-corrected chi connectivity index (χ1v) is 6.35. The zero-order valence-corrected chi connectivity index (χ0v) is 10.5. The van der Waals surface area contributed by atoms with E-state index in [-0.39, 0.29) is 5.91 Å². The fourth-order valence-corrected chi connectivity index (χ4v) is 2.30. The van der Waals surface area contributed by atoms with Gasteiger partial charge in [-0.2, -0.15) is 0 Å².